The molecule has 136 valence electrons. The smallest absolute Gasteiger partial charge is 0.227 e. The van der Waals surface area contributed by atoms with Gasteiger partial charge in [-0.15, -0.1) is 0 Å². The number of carbonyl (C=O) groups excluding carboxylic acids is 2. The average Bonchev–Trinajstić information content (AvgIpc) is 3.05. The molecule has 5 heteroatoms. The van der Waals surface area contributed by atoms with Gasteiger partial charge in [-0.05, 0) is 24.1 Å². The summed E-state index contributed by atoms with van der Waals surface area (Å²) in [6, 6.07) is 16.2. The standard InChI is InChI=1S/C21H23FN2O2/c1-2-15(16-8-4-3-5-9-16)13-23-21(26)17-12-20(25)24(14-17)19-11-7-6-10-18(19)22/h3-11,15,17H,2,12-14H2,1H3,(H,23,26). The van der Waals surface area contributed by atoms with E-state index >= 15 is 0 Å². The van der Waals surface area contributed by atoms with Crippen molar-refractivity contribution in [1.29, 1.82) is 0 Å². The summed E-state index contributed by atoms with van der Waals surface area (Å²) in [5.74, 6) is -1.02. The number of amides is 2. The van der Waals surface area contributed by atoms with Gasteiger partial charge in [-0.25, -0.2) is 4.39 Å². The lowest BCUT2D eigenvalue weighted by Crippen LogP contribution is -2.35. The molecule has 0 spiro atoms. The quantitative estimate of drug-likeness (QED) is 0.863. The van der Waals surface area contributed by atoms with Gasteiger partial charge < -0.3 is 10.2 Å². The Balaban J connectivity index is 1.61. The number of hydrogen-bond donors (Lipinski definition) is 1. The third-order valence-corrected chi connectivity index (χ3v) is 4.93. The Kier molecular flexibility index (Phi) is 5.66. The lowest BCUT2D eigenvalue weighted by molar-refractivity contribution is -0.126. The molecule has 1 saturated heterocycles. The zero-order valence-electron chi connectivity index (χ0n) is 14.8. The maximum absolute atomic E-state index is 13.9. The number of rotatable bonds is 6. The van der Waals surface area contributed by atoms with Crippen molar-refractivity contribution < 1.29 is 14.0 Å². The van der Waals surface area contributed by atoms with E-state index in [2.05, 4.69) is 24.4 Å². The van der Waals surface area contributed by atoms with Gasteiger partial charge in [-0.1, -0.05) is 49.4 Å². The summed E-state index contributed by atoms with van der Waals surface area (Å²) >= 11 is 0. The van der Waals surface area contributed by atoms with Crippen molar-refractivity contribution in [2.75, 3.05) is 18.0 Å². The predicted octanol–water partition coefficient (Wildman–Crippen LogP) is 3.49. The highest BCUT2D eigenvalue weighted by molar-refractivity contribution is 6.00. The molecule has 1 aliphatic rings. The summed E-state index contributed by atoms with van der Waals surface area (Å²) in [6.45, 7) is 2.83. The highest BCUT2D eigenvalue weighted by Crippen LogP contribution is 2.27. The van der Waals surface area contributed by atoms with Crippen molar-refractivity contribution in [3.8, 4) is 0 Å². The Morgan fingerprint density at radius 1 is 1.19 bits per heavy atom. The van der Waals surface area contributed by atoms with E-state index < -0.39 is 11.7 Å². The Bertz CT molecular complexity index is 779. The molecule has 1 fully saturated rings. The van der Waals surface area contributed by atoms with Gasteiger partial charge in [0.05, 0.1) is 11.6 Å². The van der Waals surface area contributed by atoms with Crippen LogP contribution < -0.4 is 10.2 Å². The first-order valence-corrected chi connectivity index (χ1v) is 8.97. The molecule has 2 amide bonds. The first-order chi connectivity index (χ1) is 12.6. The van der Waals surface area contributed by atoms with Crippen molar-refractivity contribution in [3.63, 3.8) is 0 Å². The van der Waals surface area contributed by atoms with Crippen LogP contribution in [0.15, 0.2) is 54.6 Å². The van der Waals surface area contributed by atoms with Crippen molar-refractivity contribution in [2.24, 2.45) is 5.92 Å². The van der Waals surface area contributed by atoms with E-state index in [0.717, 1.165) is 6.42 Å². The SMILES string of the molecule is CCC(CNC(=O)C1CC(=O)N(c2ccccc2F)C1)c1ccccc1. The van der Waals surface area contributed by atoms with Crippen LogP contribution in [0.5, 0.6) is 0 Å². The van der Waals surface area contributed by atoms with Gasteiger partial charge >= 0.3 is 0 Å². The maximum Gasteiger partial charge on any atom is 0.227 e. The number of nitrogens with zero attached hydrogens (tertiary/aromatic N) is 1. The van der Waals surface area contributed by atoms with Crippen molar-refractivity contribution in [2.45, 2.75) is 25.7 Å². The monoisotopic (exact) mass is 354 g/mol. The minimum Gasteiger partial charge on any atom is -0.355 e. The van der Waals surface area contributed by atoms with E-state index in [9.17, 15) is 14.0 Å². The molecule has 3 rings (SSSR count). The van der Waals surface area contributed by atoms with Gasteiger partial charge in [0.1, 0.15) is 5.82 Å². The van der Waals surface area contributed by atoms with E-state index in [1.165, 1.54) is 16.5 Å². The molecule has 0 bridgehead atoms. The highest BCUT2D eigenvalue weighted by Gasteiger charge is 2.36. The molecule has 1 heterocycles. The average molecular weight is 354 g/mol. The molecule has 2 aromatic carbocycles. The van der Waals surface area contributed by atoms with Crippen LogP contribution in [0, 0.1) is 11.7 Å². The zero-order chi connectivity index (χ0) is 18.5. The number of halogens is 1. The minimum absolute atomic E-state index is 0.113. The van der Waals surface area contributed by atoms with Gasteiger partial charge in [-0.2, -0.15) is 0 Å². The van der Waals surface area contributed by atoms with Crippen LogP contribution in [0.1, 0.15) is 31.2 Å². The number of para-hydroxylation sites is 1. The van der Waals surface area contributed by atoms with E-state index in [1.54, 1.807) is 18.2 Å². The number of nitrogens with one attached hydrogen (secondary N) is 1. The summed E-state index contributed by atoms with van der Waals surface area (Å²) < 4.78 is 13.9. The second-order valence-corrected chi connectivity index (χ2v) is 6.62. The molecule has 1 aliphatic heterocycles. The second-order valence-electron chi connectivity index (χ2n) is 6.62. The largest absolute Gasteiger partial charge is 0.355 e. The van der Waals surface area contributed by atoms with Crippen molar-refractivity contribution in [1.82, 2.24) is 5.32 Å². The molecule has 0 saturated carbocycles. The van der Waals surface area contributed by atoms with E-state index in [-0.39, 0.29) is 36.4 Å². The molecule has 1 N–H and O–H groups in total. The number of carbonyl (C=O) groups is 2. The van der Waals surface area contributed by atoms with Crippen LogP contribution in [0.2, 0.25) is 0 Å². The Morgan fingerprint density at radius 3 is 2.58 bits per heavy atom. The van der Waals surface area contributed by atoms with Crippen molar-refractivity contribution in [3.05, 3.63) is 66.0 Å². The lowest BCUT2D eigenvalue weighted by atomic mass is 9.96. The van der Waals surface area contributed by atoms with Gasteiger partial charge in [0, 0.05) is 25.4 Å². The Hall–Kier alpha value is -2.69. The van der Waals surface area contributed by atoms with E-state index in [1.807, 2.05) is 18.2 Å². The van der Waals surface area contributed by atoms with Gasteiger partial charge in [0.25, 0.3) is 0 Å². The van der Waals surface area contributed by atoms with E-state index in [4.69, 9.17) is 0 Å². The zero-order valence-corrected chi connectivity index (χ0v) is 14.8. The summed E-state index contributed by atoms with van der Waals surface area (Å²) in [4.78, 5) is 26.1. The van der Waals surface area contributed by atoms with Crippen LogP contribution in [-0.2, 0) is 9.59 Å². The second kappa shape index (κ2) is 8.13. The summed E-state index contributed by atoms with van der Waals surface area (Å²) in [6.07, 6.45) is 1.03. The molecule has 0 aromatic heterocycles. The molecule has 2 unspecified atom stereocenters. The number of anilines is 1. The van der Waals surface area contributed by atoms with Crippen LogP contribution >= 0.6 is 0 Å². The molecular formula is C21H23FN2O2. The molecule has 0 radical (unpaired) electrons. The topological polar surface area (TPSA) is 49.4 Å². The molecule has 2 atom stereocenters. The molecule has 0 aliphatic carbocycles. The van der Waals surface area contributed by atoms with E-state index in [0.29, 0.717) is 6.54 Å². The molecular weight excluding hydrogens is 331 g/mol. The molecule has 4 nitrogen and oxygen atoms in total. The third-order valence-electron chi connectivity index (χ3n) is 4.93. The van der Waals surface area contributed by atoms with Gasteiger partial charge in [0.15, 0.2) is 0 Å². The van der Waals surface area contributed by atoms with Crippen LogP contribution in [0.4, 0.5) is 10.1 Å². The Labute approximate surface area is 153 Å². The minimum atomic E-state index is -0.449. The van der Waals surface area contributed by atoms with Crippen LogP contribution in [0.25, 0.3) is 0 Å². The van der Waals surface area contributed by atoms with Crippen LogP contribution in [0.3, 0.4) is 0 Å². The highest BCUT2D eigenvalue weighted by atomic mass is 19.1. The number of hydrogen-bond acceptors (Lipinski definition) is 2. The summed E-state index contributed by atoms with van der Waals surface area (Å²) in [5.41, 5.74) is 1.43. The Morgan fingerprint density at radius 2 is 1.88 bits per heavy atom. The fraction of sp³-hybridized carbons (Fsp3) is 0.333. The maximum atomic E-state index is 13.9. The predicted molar refractivity (Wildman–Crippen MR) is 99.3 cm³/mol. The lowest BCUT2D eigenvalue weighted by Gasteiger charge is -2.19. The normalized spacial score (nSPS) is 18.0. The fourth-order valence-electron chi connectivity index (χ4n) is 3.38. The molecule has 2 aromatic rings. The van der Waals surface area contributed by atoms with Crippen LogP contribution in [-0.4, -0.2) is 24.9 Å². The van der Waals surface area contributed by atoms with Gasteiger partial charge in [-0.3, -0.25) is 9.59 Å². The first-order valence-electron chi connectivity index (χ1n) is 8.97. The first kappa shape index (κ1) is 18.1. The molecule has 26 heavy (non-hydrogen) atoms. The number of benzene rings is 2. The third kappa shape index (κ3) is 3.93. The van der Waals surface area contributed by atoms with Crippen molar-refractivity contribution >= 4 is 17.5 Å². The van der Waals surface area contributed by atoms with Gasteiger partial charge in [0.2, 0.25) is 11.8 Å². The summed E-state index contributed by atoms with van der Waals surface area (Å²) in [5, 5.41) is 2.97. The summed E-state index contributed by atoms with van der Waals surface area (Å²) in [7, 11) is 0. The fourth-order valence-corrected chi connectivity index (χ4v) is 3.38.